The van der Waals surface area contributed by atoms with Crippen LogP contribution in [0.2, 0.25) is 0 Å². The molecule has 4 rings (SSSR count). The van der Waals surface area contributed by atoms with Crippen LogP contribution in [-0.4, -0.2) is 36.0 Å². The molecule has 0 aliphatic rings. The monoisotopic (exact) mass is 424 g/mol. The number of anilines is 2. The third-order valence-electron chi connectivity index (χ3n) is 4.50. The first kappa shape index (κ1) is 20.3. The molecule has 1 aromatic carbocycles. The molecule has 0 saturated heterocycles. The molecule has 0 spiro atoms. The number of urea groups is 1. The molecule has 11 heteroatoms. The summed E-state index contributed by atoms with van der Waals surface area (Å²) in [6.45, 7) is 6.10. The molecule has 0 fully saturated rings. The van der Waals surface area contributed by atoms with Gasteiger partial charge in [0.15, 0.2) is 17.2 Å². The maximum Gasteiger partial charge on any atom is 0.324 e. The molecule has 0 unspecified atom stereocenters. The molecule has 0 saturated carbocycles. The number of nitrogens with zero attached hydrogens (tertiary/aromatic N) is 5. The SMILES string of the molecule is Cn1nc(C(C)(C)C)cc1NC(=O)Nc1ccc(Oc2ncnc3[nH]ncc23)c(F)c1. The van der Waals surface area contributed by atoms with Gasteiger partial charge in [-0.1, -0.05) is 20.8 Å². The lowest BCUT2D eigenvalue weighted by molar-refractivity contribution is 0.262. The van der Waals surface area contributed by atoms with Gasteiger partial charge in [-0.05, 0) is 12.1 Å². The van der Waals surface area contributed by atoms with Crippen molar-refractivity contribution in [2.45, 2.75) is 26.2 Å². The summed E-state index contributed by atoms with van der Waals surface area (Å²) >= 11 is 0. The van der Waals surface area contributed by atoms with Crippen LogP contribution in [0.15, 0.2) is 36.8 Å². The molecule has 0 aliphatic heterocycles. The van der Waals surface area contributed by atoms with Gasteiger partial charge >= 0.3 is 6.03 Å². The molecular formula is C20H21FN8O2. The van der Waals surface area contributed by atoms with Crippen molar-refractivity contribution in [1.29, 1.82) is 0 Å². The highest BCUT2D eigenvalue weighted by atomic mass is 19.1. The van der Waals surface area contributed by atoms with E-state index in [0.29, 0.717) is 16.9 Å². The first-order chi connectivity index (χ1) is 14.7. The number of halogens is 1. The van der Waals surface area contributed by atoms with Crippen LogP contribution in [0.1, 0.15) is 26.5 Å². The van der Waals surface area contributed by atoms with Crippen LogP contribution in [0.25, 0.3) is 11.0 Å². The van der Waals surface area contributed by atoms with E-state index in [2.05, 4.69) is 35.9 Å². The normalized spacial score (nSPS) is 11.5. The second kappa shape index (κ2) is 7.67. The largest absolute Gasteiger partial charge is 0.435 e. The lowest BCUT2D eigenvalue weighted by Crippen LogP contribution is -2.21. The molecule has 4 aromatic rings. The average molecular weight is 424 g/mol. The predicted molar refractivity (Wildman–Crippen MR) is 113 cm³/mol. The quantitative estimate of drug-likeness (QED) is 0.456. The number of carbonyl (C=O) groups is 1. The van der Waals surface area contributed by atoms with Gasteiger partial charge in [0.25, 0.3) is 0 Å². The number of benzene rings is 1. The number of hydrogen-bond acceptors (Lipinski definition) is 6. The lowest BCUT2D eigenvalue weighted by atomic mass is 9.92. The highest BCUT2D eigenvalue weighted by molar-refractivity contribution is 5.99. The number of ether oxygens (including phenoxy) is 1. The highest BCUT2D eigenvalue weighted by Gasteiger charge is 2.20. The first-order valence-corrected chi connectivity index (χ1v) is 9.45. The van der Waals surface area contributed by atoms with Crippen LogP contribution in [-0.2, 0) is 12.5 Å². The van der Waals surface area contributed by atoms with Crippen LogP contribution < -0.4 is 15.4 Å². The third-order valence-corrected chi connectivity index (χ3v) is 4.50. The number of amides is 2. The summed E-state index contributed by atoms with van der Waals surface area (Å²) in [6.07, 6.45) is 2.78. The predicted octanol–water partition coefficient (Wildman–Crippen LogP) is 3.96. The van der Waals surface area contributed by atoms with Crippen molar-refractivity contribution in [2.24, 2.45) is 7.05 Å². The van der Waals surface area contributed by atoms with Gasteiger partial charge in [0, 0.05) is 30.3 Å². The van der Waals surface area contributed by atoms with E-state index >= 15 is 0 Å². The minimum atomic E-state index is -0.663. The van der Waals surface area contributed by atoms with Crippen molar-refractivity contribution in [3.63, 3.8) is 0 Å². The molecule has 160 valence electrons. The fourth-order valence-corrected chi connectivity index (χ4v) is 2.82. The Morgan fingerprint density at radius 1 is 1.19 bits per heavy atom. The second-order valence-electron chi connectivity index (χ2n) is 7.93. The first-order valence-electron chi connectivity index (χ1n) is 9.45. The van der Waals surface area contributed by atoms with Crippen molar-refractivity contribution in [3.8, 4) is 11.6 Å². The molecule has 3 aromatic heterocycles. The van der Waals surface area contributed by atoms with Crippen molar-refractivity contribution in [3.05, 3.63) is 48.3 Å². The molecule has 0 radical (unpaired) electrons. The number of carbonyl (C=O) groups excluding carboxylic acids is 1. The van der Waals surface area contributed by atoms with E-state index in [0.717, 1.165) is 11.8 Å². The van der Waals surface area contributed by atoms with Gasteiger partial charge in [0.05, 0.1) is 11.9 Å². The smallest absolute Gasteiger partial charge is 0.324 e. The van der Waals surface area contributed by atoms with E-state index in [-0.39, 0.29) is 22.7 Å². The Balaban J connectivity index is 1.45. The van der Waals surface area contributed by atoms with E-state index in [1.165, 1.54) is 24.7 Å². The van der Waals surface area contributed by atoms with Gasteiger partial charge in [-0.15, -0.1) is 0 Å². The van der Waals surface area contributed by atoms with Crippen LogP contribution in [0, 0.1) is 5.82 Å². The van der Waals surface area contributed by atoms with E-state index in [1.807, 2.05) is 20.8 Å². The Labute approximate surface area is 176 Å². The molecule has 0 atom stereocenters. The van der Waals surface area contributed by atoms with Crippen LogP contribution >= 0.6 is 0 Å². The standard InChI is InChI=1S/C20H21FN8O2/c1-20(2,3)15-8-16(29(4)28-15)26-19(30)25-11-5-6-14(13(21)7-11)31-18-12-9-24-27-17(12)22-10-23-18/h5-10H,1-4H3,(H2,25,26,30)(H,22,23,24,27). The minimum absolute atomic E-state index is 0.0476. The molecular weight excluding hydrogens is 403 g/mol. The van der Waals surface area contributed by atoms with E-state index in [4.69, 9.17) is 4.74 Å². The lowest BCUT2D eigenvalue weighted by Gasteiger charge is -2.13. The molecule has 0 aliphatic carbocycles. The average Bonchev–Trinajstić information content (AvgIpc) is 3.31. The summed E-state index contributed by atoms with van der Waals surface area (Å²) in [7, 11) is 1.74. The van der Waals surface area contributed by atoms with Gasteiger partial charge in [0.2, 0.25) is 5.88 Å². The molecule has 31 heavy (non-hydrogen) atoms. The van der Waals surface area contributed by atoms with Crippen molar-refractivity contribution in [1.82, 2.24) is 29.9 Å². The van der Waals surface area contributed by atoms with Crippen molar-refractivity contribution < 1.29 is 13.9 Å². The van der Waals surface area contributed by atoms with Gasteiger partial charge in [-0.2, -0.15) is 10.2 Å². The van der Waals surface area contributed by atoms with Gasteiger partial charge in [0.1, 0.15) is 17.5 Å². The Kier molecular flexibility index (Phi) is 5.01. The van der Waals surface area contributed by atoms with E-state index in [9.17, 15) is 9.18 Å². The number of nitrogens with one attached hydrogen (secondary N) is 3. The fourth-order valence-electron chi connectivity index (χ4n) is 2.82. The summed E-state index contributed by atoms with van der Waals surface area (Å²) in [5.74, 6) is -0.0186. The number of aromatic amines is 1. The molecule has 0 bridgehead atoms. The number of rotatable bonds is 4. The Hall–Kier alpha value is -4.02. The van der Waals surface area contributed by atoms with Gasteiger partial charge in [-0.25, -0.2) is 19.2 Å². The Morgan fingerprint density at radius 2 is 2.00 bits per heavy atom. The van der Waals surface area contributed by atoms with E-state index in [1.54, 1.807) is 17.8 Å². The number of H-pyrrole nitrogens is 1. The Morgan fingerprint density at radius 3 is 2.71 bits per heavy atom. The maximum atomic E-state index is 14.6. The summed E-state index contributed by atoms with van der Waals surface area (Å²) in [4.78, 5) is 20.4. The Bertz CT molecular complexity index is 1260. The molecule has 3 heterocycles. The number of fused-ring (bicyclic) bond motifs is 1. The van der Waals surface area contributed by atoms with Gasteiger partial charge in [-0.3, -0.25) is 15.1 Å². The van der Waals surface area contributed by atoms with Crippen LogP contribution in [0.5, 0.6) is 11.6 Å². The van der Waals surface area contributed by atoms with Crippen molar-refractivity contribution >= 4 is 28.6 Å². The second-order valence-corrected chi connectivity index (χ2v) is 7.93. The van der Waals surface area contributed by atoms with Crippen LogP contribution in [0.3, 0.4) is 0 Å². The fraction of sp³-hybridized carbons (Fsp3) is 0.250. The minimum Gasteiger partial charge on any atom is -0.435 e. The number of hydrogen-bond donors (Lipinski definition) is 3. The van der Waals surface area contributed by atoms with E-state index < -0.39 is 11.8 Å². The summed E-state index contributed by atoms with van der Waals surface area (Å²) in [5, 5.41) is 16.8. The molecule has 3 N–H and O–H groups in total. The summed E-state index contributed by atoms with van der Waals surface area (Å²) < 4.78 is 21.7. The summed E-state index contributed by atoms with van der Waals surface area (Å²) in [5.41, 5.74) is 1.43. The zero-order chi connectivity index (χ0) is 22.2. The molecule has 10 nitrogen and oxygen atoms in total. The van der Waals surface area contributed by atoms with Gasteiger partial charge < -0.3 is 10.1 Å². The summed E-state index contributed by atoms with van der Waals surface area (Å²) in [6, 6.07) is 5.37. The number of aromatic nitrogens is 6. The zero-order valence-corrected chi connectivity index (χ0v) is 17.4. The third kappa shape index (κ3) is 4.29. The van der Waals surface area contributed by atoms with Crippen LogP contribution in [0.4, 0.5) is 20.7 Å². The molecule has 2 amide bonds. The highest BCUT2D eigenvalue weighted by Crippen LogP contribution is 2.29. The van der Waals surface area contributed by atoms with Crippen molar-refractivity contribution in [2.75, 3.05) is 10.6 Å². The number of aryl methyl sites for hydroxylation is 1. The zero-order valence-electron chi connectivity index (χ0n) is 17.4. The maximum absolute atomic E-state index is 14.6. The topological polar surface area (TPSA) is 123 Å².